The Bertz CT molecular complexity index is 235. The van der Waals surface area contributed by atoms with E-state index in [0.717, 1.165) is 25.7 Å². The zero-order valence-corrected chi connectivity index (χ0v) is 10.9. The number of hydrogen-bond donors (Lipinski definition) is 2. The molecular formula is C13H26N2O. The van der Waals surface area contributed by atoms with Gasteiger partial charge in [-0.3, -0.25) is 4.79 Å². The summed E-state index contributed by atoms with van der Waals surface area (Å²) in [5.74, 6) is 0.157. The van der Waals surface area contributed by atoms with Crippen molar-refractivity contribution in [1.82, 2.24) is 5.32 Å². The highest BCUT2D eigenvalue weighted by molar-refractivity contribution is 5.83. The molecule has 0 bridgehead atoms. The van der Waals surface area contributed by atoms with Gasteiger partial charge in [-0.25, -0.2) is 0 Å². The van der Waals surface area contributed by atoms with Crippen molar-refractivity contribution in [3.63, 3.8) is 0 Å². The Morgan fingerprint density at radius 1 is 1.19 bits per heavy atom. The second-order valence-corrected chi connectivity index (χ2v) is 6.10. The maximum absolute atomic E-state index is 12.3. The summed E-state index contributed by atoms with van der Waals surface area (Å²) in [5, 5.41) is 3.09. The van der Waals surface area contributed by atoms with Crippen molar-refractivity contribution in [3.05, 3.63) is 0 Å². The van der Waals surface area contributed by atoms with Gasteiger partial charge in [-0.1, -0.05) is 25.7 Å². The second-order valence-electron chi connectivity index (χ2n) is 6.10. The Kier molecular flexibility index (Phi) is 4.36. The summed E-state index contributed by atoms with van der Waals surface area (Å²) in [7, 11) is 0. The number of rotatable bonds is 2. The van der Waals surface area contributed by atoms with Crippen LogP contribution in [0.2, 0.25) is 0 Å². The minimum atomic E-state index is -0.302. The molecule has 0 heterocycles. The van der Waals surface area contributed by atoms with Gasteiger partial charge in [-0.2, -0.15) is 0 Å². The Hall–Kier alpha value is -0.570. The van der Waals surface area contributed by atoms with Gasteiger partial charge in [0.05, 0.1) is 5.41 Å². The van der Waals surface area contributed by atoms with E-state index in [9.17, 15) is 4.79 Å². The molecule has 1 rings (SSSR count). The summed E-state index contributed by atoms with van der Waals surface area (Å²) in [6.07, 6.45) is 6.65. The molecule has 0 aromatic heterocycles. The van der Waals surface area contributed by atoms with E-state index in [1.165, 1.54) is 12.8 Å². The Balaban J connectivity index is 2.73. The molecule has 16 heavy (non-hydrogen) atoms. The van der Waals surface area contributed by atoms with Crippen LogP contribution in [0.3, 0.4) is 0 Å². The van der Waals surface area contributed by atoms with Gasteiger partial charge < -0.3 is 11.1 Å². The van der Waals surface area contributed by atoms with E-state index in [0.29, 0.717) is 6.54 Å². The third kappa shape index (κ3) is 3.48. The van der Waals surface area contributed by atoms with Crippen molar-refractivity contribution in [2.75, 3.05) is 6.54 Å². The van der Waals surface area contributed by atoms with Crippen molar-refractivity contribution >= 4 is 5.91 Å². The lowest BCUT2D eigenvalue weighted by molar-refractivity contribution is -0.132. The molecule has 94 valence electrons. The molecule has 1 fully saturated rings. The summed E-state index contributed by atoms with van der Waals surface area (Å²) in [4.78, 5) is 12.3. The number of nitrogens with two attached hydrogens (primary N) is 1. The number of nitrogens with one attached hydrogen (secondary N) is 1. The largest absolute Gasteiger partial charge is 0.351 e. The molecule has 3 nitrogen and oxygen atoms in total. The van der Waals surface area contributed by atoms with Gasteiger partial charge >= 0.3 is 0 Å². The Labute approximate surface area is 99.2 Å². The molecule has 0 saturated heterocycles. The van der Waals surface area contributed by atoms with Crippen LogP contribution in [0.5, 0.6) is 0 Å². The van der Waals surface area contributed by atoms with Crippen LogP contribution in [0, 0.1) is 5.41 Å². The summed E-state index contributed by atoms with van der Waals surface area (Å²) in [6.45, 7) is 6.54. The quantitative estimate of drug-likeness (QED) is 0.709. The van der Waals surface area contributed by atoms with Gasteiger partial charge in [0.25, 0.3) is 0 Å². The highest BCUT2D eigenvalue weighted by Gasteiger charge is 2.38. The monoisotopic (exact) mass is 226 g/mol. The fraction of sp³-hybridized carbons (Fsp3) is 0.923. The maximum Gasteiger partial charge on any atom is 0.227 e. The SMILES string of the molecule is CC(C)(C)NC(=O)C1(CN)CCCCCC1. The minimum absolute atomic E-state index is 0.157. The molecule has 1 saturated carbocycles. The summed E-state index contributed by atoms with van der Waals surface area (Å²) < 4.78 is 0. The van der Waals surface area contributed by atoms with Gasteiger partial charge in [0.1, 0.15) is 0 Å². The normalized spacial score (nSPS) is 21.2. The predicted molar refractivity (Wildman–Crippen MR) is 67.1 cm³/mol. The first-order chi connectivity index (χ1) is 7.40. The molecule has 0 unspecified atom stereocenters. The van der Waals surface area contributed by atoms with Gasteiger partial charge in [0.2, 0.25) is 5.91 Å². The third-order valence-electron chi connectivity index (χ3n) is 3.42. The molecule has 0 atom stereocenters. The van der Waals surface area contributed by atoms with Crippen LogP contribution in [-0.2, 0) is 4.79 Å². The molecule has 1 aliphatic carbocycles. The van der Waals surface area contributed by atoms with Gasteiger partial charge in [0.15, 0.2) is 0 Å². The fourth-order valence-electron chi connectivity index (χ4n) is 2.40. The molecule has 0 radical (unpaired) electrons. The van der Waals surface area contributed by atoms with E-state index in [2.05, 4.69) is 5.32 Å². The van der Waals surface area contributed by atoms with Crippen LogP contribution in [0.25, 0.3) is 0 Å². The van der Waals surface area contributed by atoms with Crippen molar-refractivity contribution in [2.24, 2.45) is 11.1 Å². The highest BCUT2D eigenvalue weighted by Crippen LogP contribution is 2.34. The second kappa shape index (κ2) is 5.17. The van der Waals surface area contributed by atoms with Crippen molar-refractivity contribution in [3.8, 4) is 0 Å². The minimum Gasteiger partial charge on any atom is -0.351 e. The first-order valence-corrected chi connectivity index (χ1v) is 6.42. The molecule has 3 heteroatoms. The van der Waals surface area contributed by atoms with Crippen molar-refractivity contribution in [2.45, 2.75) is 64.8 Å². The molecule has 0 spiro atoms. The lowest BCUT2D eigenvalue weighted by atomic mass is 9.79. The highest BCUT2D eigenvalue weighted by atomic mass is 16.2. The molecule has 1 aliphatic rings. The van der Waals surface area contributed by atoms with Crippen LogP contribution in [0.4, 0.5) is 0 Å². The van der Waals surface area contributed by atoms with Crippen LogP contribution >= 0.6 is 0 Å². The Morgan fingerprint density at radius 2 is 1.69 bits per heavy atom. The maximum atomic E-state index is 12.3. The first-order valence-electron chi connectivity index (χ1n) is 6.42. The first kappa shape index (κ1) is 13.5. The number of carbonyl (C=O) groups is 1. The standard InChI is InChI=1S/C13H26N2O/c1-12(2,3)15-11(16)13(10-14)8-6-4-5-7-9-13/h4-10,14H2,1-3H3,(H,15,16). The van der Waals surface area contributed by atoms with E-state index in [4.69, 9.17) is 5.73 Å². The number of amides is 1. The third-order valence-corrected chi connectivity index (χ3v) is 3.42. The topological polar surface area (TPSA) is 55.1 Å². The van der Waals surface area contributed by atoms with Crippen LogP contribution in [0.1, 0.15) is 59.3 Å². The summed E-state index contributed by atoms with van der Waals surface area (Å²) in [6, 6.07) is 0. The predicted octanol–water partition coefficient (Wildman–Crippen LogP) is 2.20. The number of hydrogen-bond acceptors (Lipinski definition) is 2. The molecule has 0 aromatic rings. The van der Waals surface area contributed by atoms with E-state index in [1.54, 1.807) is 0 Å². The fourth-order valence-corrected chi connectivity index (χ4v) is 2.40. The van der Waals surface area contributed by atoms with Crippen LogP contribution < -0.4 is 11.1 Å². The molecule has 1 amide bonds. The van der Waals surface area contributed by atoms with Crippen LogP contribution in [0.15, 0.2) is 0 Å². The lowest BCUT2D eigenvalue weighted by Crippen LogP contribution is -2.51. The average molecular weight is 226 g/mol. The van der Waals surface area contributed by atoms with Crippen molar-refractivity contribution < 1.29 is 4.79 Å². The van der Waals surface area contributed by atoms with E-state index in [1.807, 2.05) is 20.8 Å². The molecule has 3 N–H and O–H groups in total. The average Bonchev–Trinajstić information content (AvgIpc) is 2.40. The summed E-state index contributed by atoms with van der Waals surface area (Å²) >= 11 is 0. The van der Waals surface area contributed by atoms with Gasteiger partial charge in [-0.05, 0) is 33.6 Å². The zero-order chi connectivity index (χ0) is 12.2. The van der Waals surface area contributed by atoms with E-state index < -0.39 is 0 Å². The van der Waals surface area contributed by atoms with Crippen LogP contribution in [-0.4, -0.2) is 18.0 Å². The smallest absolute Gasteiger partial charge is 0.227 e. The zero-order valence-electron chi connectivity index (χ0n) is 10.9. The van der Waals surface area contributed by atoms with E-state index in [-0.39, 0.29) is 16.9 Å². The number of carbonyl (C=O) groups excluding carboxylic acids is 1. The molecule has 0 aliphatic heterocycles. The van der Waals surface area contributed by atoms with Crippen molar-refractivity contribution in [1.29, 1.82) is 0 Å². The van der Waals surface area contributed by atoms with E-state index >= 15 is 0 Å². The summed E-state index contributed by atoms with van der Waals surface area (Å²) in [5.41, 5.74) is 5.40. The van der Waals surface area contributed by atoms with Gasteiger partial charge in [0, 0.05) is 12.1 Å². The van der Waals surface area contributed by atoms with Gasteiger partial charge in [-0.15, -0.1) is 0 Å². The Morgan fingerprint density at radius 3 is 2.06 bits per heavy atom. The lowest BCUT2D eigenvalue weighted by Gasteiger charge is -2.33. The molecular weight excluding hydrogens is 200 g/mol. The molecule has 0 aromatic carbocycles.